The van der Waals surface area contributed by atoms with Crippen molar-refractivity contribution in [2.75, 3.05) is 13.1 Å². The number of hydrogen-bond acceptors (Lipinski definition) is 4. The molecule has 170 valence electrons. The van der Waals surface area contributed by atoms with Crippen molar-refractivity contribution in [3.8, 4) is 0 Å². The van der Waals surface area contributed by atoms with Crippen molar-refractivity contribution in [2.45, 2.75) is 40.3 Å². The third-order valence-electron chi connectivity index (χ3n) is 4.91. The second-order valence-electron chi connectivity index (χ2n) is 8.09. The molecule has 2 heterocycles. The fourth-order valence-corrected chi connectivity index (χ4v) is 4.03. The maximum absolute atomic E-state index is 13.2. The Hall–Kier alpha value is -3.00. The normalized spacial score (nSPS) is 11.0. The summed E-state index contributed by atoms with van der Waals surface area (Å²) in [6.07, 6.45) is 2.76. The topological polar surface area (TPSA) is 67.2 Å². The second-order valence-corrected chi connectivity index (χ2v) is 9.03. The summed E-state index contributed by atoms with van der Waals surface area (Å²) in [7, 11) is 0. The summed E-state index contributed by atoms with van der Waals surface area (Å²) in [4.78, 5) is 31.5. The van der Waals surface area contributed by atoms with E-state index >= 15 is 0 Å². The largest absolute Gasteiger partial charge is 0.350 e. The number of carbonyl (C=O) groups is 2. The molecule has 0 aliphatic heterocycles. The lowest BCUT2D eigenvalue weighted by atomic mass is 10.2. The van der Waals surface area contributed by atoms with E-state index in [1.165, 1.54) is 35.6 Å². The van der Waals surface area contributed by atoms with Crippen LogP contribution in [0.15, 0.2) is 48.0 Å². The molecule has 0 saturated heterocycles. The molecule has 0 aliphatic rings. The van der Waals surface area contributed by atoms with Crippen molar-refractivity contribution in [1.82, 2.24) is 19.8 Å². The van der Waals surface area contributed by atoms with Crippen molar-refractivity contribution >= 4 is 23.2 Å². The number of amides is 2. The zero-order chi connectivity index (χ0) is 23.1. The Morgan fingerprint density at radius 1 is 1.22 bits per heavy atom. The maximum atomic E-state index is 13.2. The van der Waals surface area contributed by atoms with Crippen molar-refractivity contribution in [3.05, 3.63) is 75.8 Å². The van der Waals surface area contributed by atoms with Crippen LogP contribution in [-0.4, -0.2) is 39.4 Å². The van der Waals surface area contributed by atoms with Crippen LogP contribution in [-0.2, 0) is 13.1 Å². The van der Waals surface area contributed by atoms with Gasteiger partial charge in [-0.1, -0.05) is 20.8 Å². The molecule has 0 radical (unpaired) electrons. The van der Waals surface area contributed by atoms with Gasteiger partial charge in [-0.3, -0.25) is 9.59 Å². The number of halogens is 1. The van der Waals surface area contributed by atoms with E-state index in [1.54, 1.807) is 10.3 Å². The molecule has 8 heteroatoms. The van der Waals surface area contributed by atoms with Gasteiger partial charge in [-0.15, -0.1) is 11.3 Å². The van der Waals surface area contributed by atoms with Crippen LogP contribution in [0.1, 0.15) is 58.7 Å². The number of nitrogens with zero attached hydrogens (tertiary/aromatic N) is 3. The van der Waals surface area contributed by atoms with Gasteiger partial charge in [-0.25, -0.2) is 9.37 Å². The fourth-order valence-electron chi connectivity index (χ4n) is 3.26. The number of thiazole rings is 1. The number of carbonyl (C=O) groups excluding carboxylic acids is 2. The Labute approximate surface area is 192 Å². The van der Waals surface area contributed by atoms with Crippen LogP contribution in [0.25, 0.3) is 0 Å². The molecule has 0 atom stereocenters. The highest BCUT2D eigenvalue weighted by molar-refractivity contribution is 7.09. The molecule has 3 aromatic rings. The molecule has 0 saturated carbocycles. The second kappa shape index (κ2) is 11.0. The lowest BCUT2D eigenvalue weighted by molar-refractivity contribution is 0.0739. The standard InChI is InChI=1S/C24H29FN4O2S/c1-4-11-29(24(31)18-7-9-19(25)10-8-18)14-20-6-5-12-28(20)15-22-27-21(16-32-22)23(30)26-13-17(2)3/h5-10,12,16-17H,4,11,13-15H2,1-3H3,(H,26,30). The lowest BCUT2D eigenvalue weighted by Crippen LogP contribution is -2.32. The minimum Gasteiger partial charge on any atom is -0.350 e. The van der Waals surface area contributed by atoms with E-state index in [0.29, 0.717) is 43.4 Å². The van der Waals surface area contributed by atoms with Gasteiger partial charge in [0.25, 0.3) is 11.8 Å². The zero-order valence-electron chi connectivity index (χ0n) is 18.7. The molecule has 1 N–H and O–H groups in total. The first-order chi connectivity index (χ1) is 15.4. The van der Waals surface area contributed by atoms with Crippen molar-refractivity contribution in [1.29, 1.82) is 0 Å². The molecular weight excluding hydrogens is 427 g/mol. The minimum absolute atomic E-state index is 0.127. The Morgan fingerprint density at radius 3 is 2.66 bits per heavy atom. The van der Waals surface area contributed by atoms with E-state index < -0.39 is 0 Å². The zero-order valence-corrected chi connectivity index (χ0v) is 19.5. The van der Waals surface area contributed by atoms with E-state index in [0.717, 1.165) is 17.1 Å². The SMILES string of the molecule is CCCN(Cc1cccn1Cc1nc(C(=O)NCC(C)C)cs1)C(=O)c1ccc(F)cc1. The smallest absolute Gasteiger partial charge is 0.270 e. The van der Waals surface area contributed by atoms with Crippen LogP contribution in [0.4, 0.5) is 4.39 Å². The number of nitrogens with one attached hydrogen (secondary N) is 1. The van der Waals surface area contributed by atoms with Gasteiger partial charge in [0, 0.05) is 35.9 Å². The predicted octanol–water partition coefficient (Wildman–Crippen LogP) is 4.57. The molecule has 6 nitrogen and oxygen atoms in total. The van der Waals surface area contributed by atoms with Gasteiger partial charge < -0.3 is 14.8 Å². The summed E-state index contributed by atoms with van der Waals surface area (Å²) in [5.74, 6) is -0.271. The molecule has 2 amide bonds. The summed E-state index contributed by atoms with van der Waals surface area (Å²) in [6.45, 7) is 8.28. The molecule has 0 aliphatic carbocycles. The highest BCUT2D eigenvalue weighted by atomic mass is 32.1. The van der Waals surface area contributed by atoms with Crippen LogP contribution in [0.5, 0.6) is 0 Å². The third-order valence-corrected chi connectivity index (χ3v) is 5.74. The quantitative estimate of drug-likeness (QED) is 0.486. The lowest BCUT2D eigenvalue weighted by Gasteiger charge is -2.23. The van der Waals surface area contributed by atoms with E-state index in [-0.39, 0.29) is 17.6 Å². The monoisotopic (exact) mass is 456 g/mol. The average molecular weight is 457 g/mol. The first kappa shape index (κ1) is 23.7. The molecule has 0 unspecified atom stereocenters. The van der Waals surface area contributed by atoms with Crippen molar-refractivity contribution < 1.29 is 14.0 Å². The van der Waals surface area contributed by atoms with Crippen LogP contribution >= 0.6 is 11.3 Å². The highest BCUT2D eigenvalue weighted by Gasteiger charge is 2.18. The highest BCUT2D eigenvalue weighted by Crippen LogP contribution is 2.16. The molecule has 0 bridgehead atoms. The summed E-state index contributed by atoms with van der Waals surface area (Å²) in [6, 6.07) is 9.55. The van der Waals surface area contributed by atoms with Crippen molar-refractivity contribution in [2.24, 2.45) is 5.92 Å². The third kappa shape index (κ3) is 6.26. The average Bonchev–Trinajstić information content (AvgIpc) is 3.42. The Balaban J connectivity index is 1.69. The van der Waals surface area contributed by atoms with Crippen LogP contribution in [0.2, 0.25) is 0 Å². The van der Waals surface area contributed by atoms with Crippen LogP contribution < -0.4 is 5.32 Å². The van der Waals surface area contributed by atoms with Gasteiger partial charge in [0.1, 0.15) is 16.5 Å². The van der Waals surface area contributed by atoms with Crippen LogP contribution in [0.3, 0.4) is 0 Å². The van der Waals surface area contributed by atoms with E-state index in [2.05, 4.69) is 10.3 Å². The first-order valence-electron chi connectivity index (χ1n) is 10.8. The van der Waals surface area contributed by atoms with Gasteiger partial charge in [0.2, 0.25) is 0 Å². The Bertz CT molecular complexity index is 1040. The predicted molar refractivity (Wildman–Crippen MR) is 124 cm³/mol. The molecular formula is C24H29FN4O2S. The van der Waals surface area contributed by atoms with E-state index in [4.69, 9.17) is 0 Å². The maximum Gasteiger partial charge on any atom is 0.270 e. The van der Waals surface area contributed by atoms with Gasteiger partial charge in [0.15, 0.2) is 0 Å². The number of aromatic nitrogens is 2. The van der Waals surface area contributed by atoms with E-state index in [9.17, 15) is 14.0 Å². The van der Waals surface area contributed by atoms with Gasteiger partial charge >= 0.3 is 0 Å². The minimum atomic E-state index is -0.363. The number of hydrogen-bond donors (Lipinski definition) is 1. The molecule has 1 aromatic carbocycles. The first-order valence-corrected chi connectivity index (χ1v) is 11.7. The summed E-state index contributed by atoms with van der Waals surface area (Å²) >= 11 is 1.44. The Morgan fingerprint density at radius 2 is 1.97 bits per heavy atom. The van der Waals surface area contributed by atoms with Gasteiger partial charge in [0.05, 0.1) is 13.1 Å². The molecule has 0 fully saturated rings. The van der Waals surface area contributed by atoms with E-state index in [1.807, 2.05) is 43.7 Å². The van der Waals surface area contributed by atoms with Crippen molar-refractivity contribution in [3.63, 3.8) is 0 Å². The summed E-state index contributed by atoms with van der Waals surface area (Å²) < 4.78 is 15.3. The molecule has 3 rings (SSSR count). The van der Waals surface area contributed by atoms with Gasteiger partial charge in [-0.2, -0.15) is 0 Å². The Kier molecular flexibility index (Phi) is 8.16. The molecule has 32 heavy (non-hydrogen) atoms. The summed E-state index contributed by atoms with van der Waals surface area (Å²) in [5, 5.41) is 5.48. The number of rotatable bonds is 10. The molecule has 2 aromatic heterocycles. The number of benzene rings is 1. The molecule has 0 spiro atoms. The summed E-state index contributed by atoms with van der Waals surface area (Å²) in [5.41, 5.74) is 1.86. The fraction of sp³-hybridized carbons (Fsp3) is 0.375. The van der Waals surface area contributed by atoms with Crippen LogP contribution in [0, 0.1) is 11.7 Å². The van der Waals surface area contributed by atoms with Gasteiger partial charge in [-0.05, 0) is 48.7 Å².